The number of carbonyl (C=O) groups excluding carboxylic acids is 1. The van der Waals surface area contributed by atoms with Crippen molar-refractivity contribution in [3.05, 3.63) is 0 Å². The molecule has 1 aliphatic carbocycles. The first-order chi connectivity index (χ1) is 10.7. The molecule has 1 aliphatic rings. The van der Waals surface area contributed by atoms with Crippen LogP contribution in [0.3, 0.4) is 0 Å². The number of nitrogens with one attached hydrogen (secondary N) is 2. The van der Waals surface area contributed by atoms with Gasteiger partial charge >= 0.3 is 0 Å². The lowest BCUT2D eigenvalue weighted by atomic mass is 9.85. The maximum Gasteiger partial charge on any atom is 0.220 e. The summed E-state index contributed by atoms with van der Waals surface area (Å²) in [6.07, 6.45) is -7.52. The van der Waals surface area contributed by atoms with E-state index in [4.69, 9.17) is 0 Å². The lowest BCUT2D eigenvalue weighted by Crippen LogP contribution is -2.62. The van der Waals surface area contributed by atoms with Crippen LogP contribution in [0.5, 0.6) is 0 Å². The maximum absolute atomic E-state index is 11.5. The number of amides is 1. The minimum Gasteiger partial charge on any atom is -0.391 e. The lowest BCUT2D eigenvalue weighted by molar-refractivity contribution is -0.147. The average Bonchev–Trinajstić information content (AvgIpc) is 2.52. The van der Waals surface area contributed by atoms with Gasteiger partial charge in [0.2, 0.25) is 5.91 Å². The van der Waals surface area contributed by atoms with Gasteiger partial charge in [-0.05, 0) is 13.3 Å². The molecule has 8 N–H and O–H groups in total. The molecule has 1 saturated carbocycles. The van der Waals surface area contributed by atoms with E-state index in [1.165, 1.54) is 6.92 Å². The Morgan fingerprint density at radius 2 is 1.74 bits per heavy atom. The minimum absolute atomic E-state index is 0.00138. The molecule has 9 nitrogen and oxygen atoms in total. The van der Waals surface area contributed by atoms with Crippen LogP contribution in [0, 0.1) is 0 Å². The van der Waals surface area contributed by atoms with Crippen LogP contribution in [0.25, 0.3) is 0 Å². The van der Waals surface area contributed by atoms with Gasteiger partial charge in [0.15, 0.2) is 0 Å². The molecule has 0 aromatic heterocycles. The molecule has 23 heavy (non-hydrogen) atoms. The zero-order valence-corrected chi connectivity index (χ0v) is 13.3. The van der Waals surface area contributed by atoms with Gasteiger partial charge in [-0.15, -0.1) is 0 Å². The largest absolute Gasteiger partial charge is 0.391 e. The number of carbonyl (C=O) groups is 1. The molecule has 8 unspecified atom stereocenters. The fourth-order valence-corrected chi connectivity index (χ4v) is 2.59. The Labute approximate surface area is 135 Å². The topological polar surface area (TPSA) is 163 Å². The van der Waals surface area contributed by atoms with Gasteiger partial charge in [0.25, 0.3) is 0 Å². The van der Waals surface area contributed by atoms with Crippen LogP contribution in [0.2, 0.25) is 0 Å². The number of aliphatic hydroxyl groups excluding tert-OH is 6. The molecule has 1 amide bonds. The van der Waals surface area contributed by atoms with E-state index in [1.54, 1.807) is 6.92 Å². The van der Waals surface area contributed by atoms with Crippen molar-refractivity contribution in [1.29, 1.82) is 0 Å². The number of hydrogen-bond acceptors (Lipinski definition) is 8. The maximum atomic E-state index is 11.5. The van der Waals surface area contributed by atoms with Crippen LogP contribution in [-0.4, -0.2) is 91.8 Å². The highest BCUT2D eigenvalue weighted by Gasteiger charge is 2.42. The van der Waals surface area contributed by atoms with E-state index < -0.39 is 48.7 Å². The minimum atomic E-state index is -1.50. The molecule has 0 spiro atoms. The molecular formula is C14H28N2O7. The van der Waals surface area contributed by atoms with Crippen molar-refractivity contribution in [3.8, 4) is 0 Å². The van der Waals surface area contributed by atoms with E-state index in [2.05, 4.69) is 10.6 Å². The highest BCUT2D eigenvalue weighted by atomic mass is 16.4. The molecule has 0 radical (unpaired) electrons. The van der Waals surface area contributed by atoms with Gasteiger partial charge in [0.05, 0.1) is 24.4 Å². The molecule has 136 valence electrons. The Kier molecular flexibility index (Phi) is 7.81. The molecule has 1 rings (SSSR count). The van der Waals surface area contributed by atoms with Crippen LogP contribution in [-0.2, 0) is 4.79 Å². The second-order valence-electron chi connectivity index (χ2n) is 6.05. The lowest BCUT2D eigenvalue weighted by Gasteiger charge is -2.39. The zero-order valence-electron chi connectivity index (χ0n) is 13.3. The molecule has 0 aliphatic heterocycles. The molecule has 0 saturated heterocycles. The van der Waals surface area contributed by atoms with E-state index in [9.17, 15) is 35.4 Å². The van der Waals surface area contributed by atoms with Crippen LogP contribution in [0.4, 0.5) is 0 Å². The van der Waals surface area contributed by atoms with Crippen molar-refractivity contribution in [3.63, 3.8) is 0 Å². The third-order valence-electron chi connectivity index (χ3n) is 4.18. The number of aliphatic hydroxyl groups is 6. The van der Waals surface area contributed by atoms with Gasteiger partial charge in [-0.25, -0.2) is 0 Å². The SMILES string of the molecule is CCC(=O)NC(CNC1CC(O)C(O)C(O)C1O)C(O)C(C)O. The fraction of sp³-hybridized carbons (Fsp3) is 0.929. The van der Waals surface area contributed by atoms with Crippen molar-refractivity contribution >= 4 is 5.91 Å². The second-order valence-corrected chi connectivity index (χ2v) is 6.05. The highest BCUT2D eigenvalue weighted by Crippen LogP contribution is 2.20. The molecular weight excluding hydrogens is 308 g/mol. The van der Waals surface area contributed by atoms with E-state index in [0.29, 0.717) is 0 Å². The molecule has 0 bridgehead atoms. The van der Waals surface area contributed by atoms with Gasteiger partial charge in [-0.1, -0.05) is 6.92 Å². The summed E-state index contributed by atoms with van der Waals surface area (Å²) in [5.41, 5.74) is 0. The predicted octanol–water partition coefficient (Wildman–Crippen LogP) is -3.57. The van der Waals surface area contributed by atoms with E-state index >= 15 is 0 Å². The van der Waals surface area contributed by atoms with Gasteiger partial charge in [-0.2, -0.15) is 0 Å². The summed E-state index contributed by atoms with van der Waals surface area (Å²) in [7, 11) is 0. The van der Waals surface area contributed by atoms with Crippen molar-refractivity contribution in [2.45, 2.75) is 75.4 Å². The Hall–Kier alpha value is -0.810. The zero-order chi connectivity index (χ0) is 17.7. The highest BCUT2D eigenvalue weighted by molar-refractivity contribution is 5.75. The summed E-state index contributed by atoms with van der Waals surface area (Å²) in [5.74, 6) is -0.309. The van der Waals surface area contributed by atoms with Crippen molar-refractivity contribution in [2.75, 3.05) is 6.54 Å². The molecule has 9 heteroatoms. The normalized spacial score (nSPS) is 35.4. The Morgan fingerprint density at radius 1 is 1.13 bits per heavy atom. The van der Waals surface area contributed by atoms with Crippen molar-refractivity contribution < 1.29 is 35.4 Å². The summed E-state index contributed by atoms with van der Waals surface area (Å²) in [4.78, 5) is 11.5. The Bertz CT molecular complexity index is 382. The molecule has 0 heterocycles. The standard InChI is InChI=1S/C14H28N2O7/c1-3-10(19)16-8(11(20)6(2)17)5-15-7-4-9(18)13(22)14(23)12(7)21/h6-9,11-15,17-18,20-23H,3-5H2,1-2H3,(H,16,19). The van der Waals surface area contributed by atoms with Gasteiger partial charge < -0.3 is 41.3 Å². The third kappa shape index (κ3) is 5.35. The smallest absolute Gasteiger partial charge is 0.220 e. The summed E-state index contributed by atoms with van der Waals surface area (Å²) in [5, 5.41) is 63.6. The first-order valence-electron chi connectivity index (χ1n) is 7.80. The predicted molar refractivity (Wildman–Crippen MR) is 80.3 cm³/mol. The van der Waals surface area contributed by atoms with E-state index in [0.717, 1.165) is 0 Å². The third-order valence-corrected chi connectivity index (χ3v) is 4.18. The van der Waals surface area contributed by atoms with Crippen LogP contribution >= 0.6 is 0 Å². The summed E-state index contributed by atoms with van der Waals surface area (Å²) < 4.78 is 0. The first-order valence-corrected chi connectivity index (χ1v) is 7.80. The van der Waals surface area contributed by atoms with E-state index in [1.807, 2.05) is 0 Å². The first kappa shape index (κ1) is 20.2. The van der Waals surface area contributed by atoms with Gasteiger partial charge in [0, 0.05) is 19.0 Å². The van der Waals surface area contributed by atoms with E-state index in [-0.39, 0.29) is 25.3 Å². The molecule has 0 aromatic carbocycles. The van der Waals surface area contributed by atoms with Gasteiger partial charge in [0.1, 0.15) is 18.3 Å². The fourth-order valence-electron chi connectivity index (χ4n) is 2.59. The quantitative estimate of drug-likeness (QED) is 0.237. The monoisotopic (exact) mass is 336 g/mol. The van der Waals surface area contributed by atoms with Gasteiger partial charge in [-0.3, -0.25) is 4.79 Å². The average molecular weight is 336 g/mol. The Morgan fingerprint density at radius 3 is 2.26 bits per heavy atom. The molecule has 8 atom stereocenters. The number of rotatable bonds is 7. The summed E-state index contributed by atoms with van der Waals surface area (Å²) in [6.45, 7) is 3.04. The van der Waals surface area contributed by atoms with Crippen molar-refractivity contribution in [1.82, 2.24) is 10.6 Å². The molecule has 1 fully saturated rings. The molecule has 0 aromatic rings. The Balaban J connectivity index is 2.67. The van der Waals surface area contributed by atoms with Crippen LogP contribution < -0.4 is 10.6 Å². The summed E-state index contributed by atoms with van der Waals surface area (Å²) in [6, 6.07) is -1.54. The summed E-state index contributed by atoms with van der Waals surface area (Å²) >= 11 is 0. The van der Waals surface area contributed by atoms with Crippen molar-refractivity contribution in [2.24, 2.45) is 0 Å². The number of hydrogen-bond donors (Lipinski definition) is 8. The second kappa shape index (κ2) is 8.88. The van der Waals surface area contributed by atoms with Crippen LogP contribution in [0.15, 0.2) is 0 Å². The van der Waals surface area contributed by atoms with Crippen LogP contribution in [0.1, 0.15) is 26.7 Å².